The molecule has 0 aliphatic carbocycles. The van der Waals surface area contributed by atoms with E-state index >= 15 is 0 Å². The van der Waals surface area contributed by atoms with Gasteiger partial charge in [-0.3, -0.25) is 0 Å². The predicted molar refractivity (Wildman–Crippen MR) is 216 cm³/mol. The second-order valence-electron chi connectivity index (χ2n) is 12.9. The normalized spacial score (nSPS) is 10.4. The monoisotopic (exact) mass is 768 g/mol. The molecule has 0 atom stereocenters. The number of fused-ring (bicyclic) bond motifs is 2. The van der Waals surface area contributed by atoms with E-state index in [9.17, 15) is 0 Å². The Morgan fingerprint density at radius 1 is 0.562 bits per heavy atom. The van der Waals surface area contributed by atoms with Crippen molar-refractivity contribution >= 4 is 48.1 Å². The standard InChI is InChI=1S/2C21H23.C2H6Si.2ClH.Zr/c2*1-5-7-17-12-18-8-6-9-19(21(18)13-17)20-11-14(2)10-15(3)16(20)4;1-3-2;;;/h2*6,8-13H,5,7H2,1-4H3;1-2H3;2*1H;/q2*-1;;;;+4/p-2. The molecular weight excluding hydrogens is 719 g/mol. The molecule has 0 heterocycles. The fraction of sp³-hybridized carbons (Fsp3) is 0.318. The zero-order chi connectivity index (χ0) is 35.4. The summed E-state index contributed by atoms with van der Waals surface area (Å²) in [6, 6.07) is 32.0. The van der Waals surface area contributed by atoms with Crippen LogP contribution < -0.4 is 0 Å². The molecule has 6 aromatic carbocycles. The summed E-state index contributed by atoms with van der Waals surface area (Å²) in [7, 11) is 11.0. The molecule has 0 spiro atoms. The van der Waals surface area contributed by atoms with Gasteiger partial charge in [-0.05, 0) is 87.8 Å². The van der Waals surface area contributed by atoms with E-state index in [0.717, 1.165) is 9.52 Å². The third-order valence-electron chi connectivity index (χ3n) is 8.90. The Morgan fingerprint density at radius 3 is 1.25 bits per heavy atom. The van der Waals surface area contributed by atoms with Crippen molar-refractivity contribution in [3.8, 4) is 22.3 Å². The van der Waals surface area contributed by atoms with E-state index < -0.39 is 20.8 Å². The summed E-state index contributed by atoms with van der Waals surface area (Å²) in [6.07, 6.45) is 4.74. The molecule has 0 aliphatic rings. The molecule has 0 nitrogen and oxygen atoms in total. The van der Waals surface area contributed by atoms with Crippen molar-refractivity contribution in [3.05, 3.63) is 129 Å². The Kier molecular flexibility index (Phi) is 16.6. The van der Waals surface area contributed by atoms with Crippen LogP contribution in [0.3, 0.4) is 0 Å². The first-order valence-corrected chi connectivity index (χ1v) is 25.4. The van der Waals surface area contributed by atoms with Gasteiger partial charge in [0.15, 0.2) is 0 Å². The molecule has 6 rings (SSSR count). The average Bonchev–Trinajstić information content (AvgIpc) is 3.66. The summed E-state index contributed by atoms with van der Waals surface area (Å²) in [5.41, 5.74) is 16.7. The fourth-order valence-corrected chi connectivity index (χ4v) is 6.57. The summed E-state index contributed by atoms with van der Waals surface area (Å²) in [5, 5.41) is 5.53. The SMILES string of the molecule is CCCc1cc2c(-c3cc(C)cc(C)c3C)cccc2[cH-]1.CCCc1cc2c(-c3cc(C)cc(C)c3C)cccc2[cH-]1.C[Si]C.[Cl][Zr+2][Cl]. The molecule has 4 heteroatoms. The van der Waals surface area contributed by atoms with Gasteiger partial charge in [-0.25, -0.2) is 0 Å². The Labute approximate surface area is 312 Å². The Morgan fingerprint density at radius 2 is 0.917 bits per heavy atom. The minimum absolute atomic E-state index is 0.826. The van der Waals surface area contributed by atoms with Crippen LogP contribution in [0, 0.1) is 41.5 Å². The van der Waals surface area contributed by atoms with Crippen molar-refractivity contribution < 1.29 is 20.8 Å². The van der Waals surface area contributed by atoms with Gasteiger partial charge in [0.1, 0.15) is 0 Å². The Hall–Kier alpha value is -2.22. The quantitative estimate of drug-likeness (QED) is 0.117. The van der Waals surface area contributed by atoms with Crippen LogP contribution in [0.4, 0.5) is 0 Å². The van der Waals surface area contributed by atoms with Crippen LogP contribution in [0.5, 0.6) is 0 Å². The van der Waals surface area contributed by atoms with Crippen molar-refractivity contribution in [2.75, 3.05) is 0 Å². The first kappa shape index (κ1) is 40.2. The number of hydrogen-bond acceptors (Lipinski definition) is 0. The molecule has 0 aromatic heterocycles. The van der Waals surface area contributed by atoms with Crippen LogP contribution in [0.2, 0.25) is 13.1 Å². The van der Waals surface area contributed by atoms with Crippen molar-refractivity contribution in [2.45, 2.75) is 94.2 Å². The van der Waals surface area contributed by atoms with E-state index in [1.165, 1.54) is 114 Å². The average molecular weight is 771 g/mol. The molecule has 0 saturated carbocycles. The van der Waals surface area contributed by atoms with Crippen molar-refractivity contribution in [1.29, 1.82) is 0 Å². The van der Waals surface area contributed by atoms with Gasteiger partial charge in [-0.15, -0.1) is 69.1 Å². The van der Waals surface area contributed by atoms with E-state index in [0.29, 0.717) is 0 Å². The summed E-state index contributed by atoms with van der Waals surface area (Å²) >= 11 is -0.826. The molecule has 2 radical (unpaired) electrons. The number of benzene rings is 4. The van der Waals surface area contributed by atoms with Gasteiger partial charge in [-0.1, -0.05) is 98.4 Å². The van der Waals surface area contributed by atoms with Crippen molar-refractivity contribution in [2.24, 2.45) is 0 Å². The summed E-state index contributed by atoms with van der Waals surface area (Å²) < 4.78 is 0. The first-order chi connectivity index (χ1) is 23.0. The number of rotatable bonds is 6. The van der Waals surface area contributed by atoms with Crippen molar-refractivity contribution in [1.82, 2.24) is 0 Å². The number of aryl methyl sites for hydroxylation is 6. The molecule has 6 aromatic rings. The minimum atomic E-state index is -0.826. The molecule has 0 saturated heterocycles. The van der Waals surface area contributed by atoms with Crippen LogP contribution in [-0.4, -0.2) is 9.52 Å². The van der Waals surface area contributed by atoms with Crippen LogP contribution in [-0.2, 0) is 33.7 Å². The Bertz CT molecular complexity index is 1770. The zero-order valence-electron chi connectivity index (χ0n) is 30.7. The second-order valence-corrected chi connectivity index (χ2v) is 17.7. The van der Waals surface area contributed by atoms with E-state index in [1.54, 1.807) is 0 Å². The van der Waals surface area contributed by atoms with Crippen molar-refractivity contribution in [3.63, 3.8) is 0 Å². The van der Waals surface area contributed by atoms with Gasteiger partial charge in [0, 0.05) is 9.52 Å². The predicted octanol–water partition coefficient (Wildman–Crippen LogP) is 14.4. The van der Waals surface area contributed by atoms with Gasteiger partial charge in [0.05, 0.1) is 0 Å². The van der Waals surface area contributed by atoms with Crippen LogP contribution in [0.15, 0.2) is 84.9 Å². The van der Waals surface area contributed by atoms with Crippen LogP contribution in [0.1, 0.15) is 71.2 Å². The van der Waals surface area contributed by atoms with E-state index in [4.69, 9.17) is 17.0 Å². The van der Waals surface area contributed by atoms with Gasteiger partial charge >= 0.3 is 37.9 Å². The molecule has 250 valence electrons. The zero-order valence-corrected chi connectivity index (χ0v) is 35.6. The van der Waals surface area contributed by atoms with Gasteiger partial charge in [0.25, 0.3) is 0 Å². The Balaban J connectivity index is 0.000000224. The fourth-order valence-electron chi connectivity index (χ4n) is 6.57. The van der Waals surface area contributed by atoms with Gasteiger partial charge in [0.2, 0.25) is 0 Å². The summed E-state index contributed by atoms with van der Waals surface area (Å²) in [4.78, 5) is 0. The maximum atomic E-state index is 4.93. The summed E-state index contributed by atoms with van der Waals surface area (Å²) in [5.74, 6) is 0. The molecule has 0 unspecified atom stereocenters. The molecule has 0 fully saturated rings. The molecule has 0 amide bonds. The molecular formula is C44H52Cl2SiZr. The topological polar surface area (TPSA) is 0 Å². The maximum absolute atomic E-state index is 4.93. The van der Waals surface area contributed by atoms with E-state index in [2.05, 4.69) is 153 Å². The molecule has 0 aliphatic heterocycles. The molecule has 0 N–H and O–H groups in total. The van der Waals surface area contributed by atoms with E-state index in [-0.39, 0.29) is 0 Å². The van der Waals surface area contributed by atoms with Crippen LogP contribution in [0.25, 0.3) is 43.8 Å². The number of hydrogen-bond donors (Lipinski definition) is 0. The molecule has 0 bridgehead atoms. The third kappa shape index (κ3) is 10.4. The third-order valence-corrected chi connectivity index (χ3v) is 8.90. The van der Waals surface area contributed by atoms with Crippen LogP contribution >= 0.6 is 17.0 Å². The molecule has 48 heavy (non-hydrogen) atoms. The number of halogens is 2. The van der Waals surface area contributed by atoms with Gasteiger partial charge < -0.3 is 0 Å². The second kappa shape index (κ2) is 19.8. The van der Waals surface area contributed by atoms with E-state index in [1.807, 2.05) is 0 Å². The first-order valence-electron chi connectivity index (χ1n) is 17.1. The van der Waals surface area contributed by atoms with Gasteiger partial charge in [-0.2, -0.15) is 12.1 Å². The summed E-state index contributed by atoms with van der Waals surface area (Å²) in [6.45, 7) is 22.0.